The van der Waals surface area contributed by atoms with Crippen molar-refractivity contribution in [2.45, 2.75) is 45.6 Å². The second-order valence-corrected chi connectivity index (χ2v) is 7.72. The molecule has 0 radical (unpaired) electrons. The first-order valence-electron chi connectivity index (χ1n) is 10.3. The van der Waals surface area contributed by atoms with Gasteiger partial charge in [-0.3, -0.25) is 4.79 Å². The second-order valence-electron chi connectivity index (χ2n) is 7.72. The first kappa shape index (κ1) is 19.6. The molecule has 3 nitrogen and oxygen atoms in total. The maximum Gasteiger partial charge on any atom is 0.227 e. The highest BCUT2D eigenvalue weighted by atomic mass is 16.2. The van der Waals surface area contributed by atoms with Gasteiger partial charge >= 0.3 is 0 Å². The summed E-state index contributed by atoms with van der Waals surface area (Å²) in [5, 5.41) is 0. The number of piperidine rings is 1. The van der Waals surface area contributed by atoms with Crippen molar-refractivity contribution in [1.82, 2.24) is 4.90 Å². The van der Waals surface area contributed by atoms with Gasteiger partial charge in [0.2, 0.25) is 5.91 Å². The predicted molar refractivity (Wildman–Crippen MR) is 113 cm³/mol. The molecule has 1 saturated heterocycles. The molecule has 2 atom stereocenters. The SMILES string of the molecule is CCCC(=O)N(c1ccccc1)[C@@H]1CCN(CCc2ccccc2)C[C@H]1C. The maximum atomic E-state index is 12.9. The van der Waals surface area contributed by atoms with Crippen molar-refractivity contribution in [2.75, 3.05) is 24.5 Å². The Morgan fingerprint density at radius 2 is 1.74 bits per heavy atom. The molecule has 1 aliphatic heterocycles. The fraction of sp³-hybridized carbons (Fsp3) is 0.458. The zero-order valence-corrected chi connectivity index (χ0v) is 16.7. The molecule has 0 saturated carbocycles. The van der Waals surface area contributed by atoms with Crippen molar-refractivity contribution in [3.63, 3.8) is 0 Å². The van der Waals surface area contributed by atoms with E-state index in [-0.39, 0.29) is 5.91 Å². The lowest BCUT2D eigenvalue weighted by Gasteiger charge is -2.43. The van der Waals surface area contributed by atoms with Crippen LogP contribution in [0.3, 0.4) is 0 Å². The summed E-state index contributed by atoms with van der Waals surface area (Å²) in [6, 6.07) is 21.2. The molecule has 2 aromatic rings. The summed E-state index contributed by atoms with van der Waals surface area (Å²) in [7, 11) is 0. The van der Waals surface area contributed by atoms with Gasteiger partial charge < -0.3 is 9.80 Å². The smallest absolute Gasteiger partial charge is 0.227 e. The first-order chi connectivity index (χ1) is 13.2. The van der Waals surface area contributed by atoms with Gasteiger partial charge in [-0.15, -0.1) is 0 Å². The number of carbonyl (C=O) groups excluding carboxylic acids is 1. The van der Waals surface area contributed by atoms with Gasteiger partial charge in [0.05, 0.1) is 0 Å². The number of hydrogen-bond acceptors (Lipinski definition) is 2. The molecule has 0 aromatic heterocycles. The van der Waals surface area contributed by atoms with Gasteiger partial charge in [0.15, 0.2) is 0 Å². The topological polar surface area (TPSA) is 23.6 Å². The predicted octanol–water partition coefficient (Wildman–Crippen LogP) is 4.77. The molecule has 1 heterocycles. The lowest BCUT2D eigenvalue weighted by Crippen LogP contribution is -2.52. The minimum Gasteiger partial charge on any atom is -0.309 e. The summed E-state index contributed by atoms with van der Waals surface area (Å²) in [6.07, 6.45) is 3.65. The summed E-state index contributed by atoms with van der Waals surface area (Å²) < 4.78 is 0. The Morgan fingerprint density at radius 3 is 2.37 bits per heavy atom. The third-order valence-corrected chi connectivity index (χ3v) is 5.60. The van der Waals surface area contributed by atoms with Gasteiger partial charge in [-0.1, -0.05) is 62.4 Å². The molecule has 1 amide bonds. The van der Waals surface area contributed by atoms with Crippen molar-refractivity contribution in [1.29, 1.82) is 0 Å². The van der Waals surface area contributed by atoms with Gasteiger partial charge in [-0.2, -0.15) is 0 Å². The van der Waals surface area contributed by atoms with Crippen LogP contribution in [0.5, 0.6) is 0 Å². The fourth-order valence-corrected chi connectivity index (χ4v) is 4.18. The fourth-order valence-electron chi connectivity index (χ4n) is 4.18. The van der Waals surface area contributed by atoms with E-state index in [1.165, 1.54) is 5.56 Å². The van der Waals surface area contributed by atoms with E-state index in [2.05, 4.69) is 66.1 Å². The number of amides is 1. The Bertz CT molecular complexity index is 701. The number of likely N-dealkylation sites (tertiary alicyclic amines) is 1. The van der Waals surface area contributed by atoms with Crippen LogP contribution in [0.25, 0.3) is 0 Å². The van der Waals surface area contributed by atoms with E-state index in [1.54, 1.807) is 0 Å². The van der Waals surface area contributed by atoms with Crippen LogP contribution < -0.4 is 4.90 Å². The standard InChI is InChI=1S/C24H32N2O/c1-3-10-24(27)26(22-13-8-5-9-14-22)23-16-18-25(19-20(23)2)17-15-21-11-6-4-7-12-21/h4-9,11-14,20,23H,3,10,15-19H2,1-2H3/t20-,23-/m1/s1. The summed E-state index contributed by atoms with van der Waals surface area (Å²) in [6.45, 7) is 7.59. The minimum absolute atomic E-state index is 0.262. The summed E-state index contributed by atoms with van der Waals surface area (Å²) in [5.41, 5.74) is 2.45. The normalized spacial score (nSPS) is 20.4. The molecular weight excluding hydrogens is 332 g/mol. The lowest BCUT2D eigenvalue weighted by molar-refractivity contribution is -0.119. The summed E-state index contributed by atoms with van der Waals surface area (Å²) >= 11 is 0. The number of nitrogens with zero attached hydrogens (tertiary/aromatic N) is 2. The van der Waals surface area contributed by atoms with Crippen LogP contribution in [0.4, 0.5) is 5.69 Å². The van der Waals surface area contributed by atoms with E-state index in [4.69, 9.17) is 0 Å². The van der Waals surface area contributed by atoms with E-state index < -0.39 is 0 Å². The van der Waals surface area contributed by atoms with Crippen LogP contribution in [0, 0.1) is 5.92 Å². The van der Waals surface area contributed by atoms with Crippen LogP contribution in [0.1, 0.15) is 38.7 Å². The Hall–Kier alpha value is -2.13. The molecule has 0 aliphatic carbocycles. The quantitative estimate of drug-likeness (QED) is 0.706. The number of para-hydroxylation sites is 1. The molecule has 2 aromatic carbocycles. The van der Waals surface area contributed by atoms with Crippen LogP contribution in [-0.2, 0) is 11.2 Å². The highest BCUT2D eigenvalue weighted by Crippen LogP contribution is 2.28. The molecule has 0 spiro atoms. The second kappa shape index (κ2) is 9.70. The van der Waals surface area contributed by atoms with Crippen molar-refractivity contribution in [3.8, 4) is 0 Å². The highest BCUT2D eigenvalue weighted by Gasteiger charge is 2.33. The number of rotatable bonds is 7. The van der Waals surface area contributed by atoms with Gasteiger partial charge in [-0.05, 0) is 42.9 Å². The maximum absolute atomic E-state index is 12.9. The van der Waals surface area contributed by atoms with E-state index in [9.17, 15) is 4.79 Å². The average molecular weight is 365 g/mol. The third-order valence-electron chi connectivity index (χ3n) is 5.60. The average Bonchev–Trinajstić information content (AvgIpc) is 2.70. The Morgan fingerprint density at radius 1 is 1.07 bits per heavy atom. The molecule has 3 heteroatoms. The zero-order chi connectivity index (χ0) is 19.1. The van der Waals surface area contributed by atoms with Gasteiger partial charge in [-0.25, -0.2) is 0 Å². The van der Waals surface area contributed by atoms with Crippen LogP contribution in [0.15, 0.2) is 60.7 Å². The molecule has 0 N–H and O–H groups in total. The van der Waals surface area contributed by atoms with E-state index in [0.717, 1.165) is 44.6 Å². The van der Waals surface area contributed by atoms with E-state index in [1.807, 2.05) is 18.2 Å². The van der Waals surface area contributed by atoms with E-state index in [0.29, 0.717) is 18.4 Å². The minimum atomic E-state index is 0.262. The van der Waals surface area contributed by atoms with Crippen LogP contribution in [-0.4, -0.2) is 36.5 Å². The molecular formula is C24H32N2O. The molecule has 0 unspecified atom stereocenters. The van der Waals surface area contributed by atoms with Crippen LogP contribution in [0.2, 0.25) is 0 Å². The van der Waals surface area contributed by atoms with Crippen molar-refractivity contribution < 1.29 is 4.79 Å². The molecule has 1 aliphatic rings. The molecule has 144 valence electrons. The number of carbonyl (C=O) groups is 1. The molecule has 0 bridgehead atoms. The van der Waals surface area contributed by atoms with Gasteiger partial charge in [0.1, 0.15) is 0 Å². The largest absolute Gasteiger partial charge is 0.309 e. The number of benzene rings is 2. The number of anilines is 1. The van der Waals surface area contributed by atoms with E-state index >= 15 is 0 Å². The van der Waals surface area contributed by atoms with Crippen LogP contribution >= 0.6 is 0 Å². The Labute approximate surface area is 164 Å². The Kier molecular flexibility index (Phi) is 7.05. The summed E-state index contributed by atoms with van der Waals surface area (Å²) in [5.74, 6) is 0.730. The molecule has 1 fully saturated rings. The monoisotopic (exact) mass is 364 g/mol. The zero-order valence-electron chi connectivity index (χ0n) is 16.7. The highest BCUT2D eigenvalue weighted by molar-refractivity contribution is 5.94. The summed E-state index contributed by atoms with van der Waals surface area (Å²) in [4.78, 5) is 17.5. The van der Waals surface area contributed by atoms with Crippen molar-refractivity contribution in [2.24, 2.45) is 5.92 Å². The third kappa shape index (κ3) is 5.20. The number of hydrogen-bond donors (Lipinski definition) is 0. The van der Waals surface area contributed by atoms with Gasteiger partial charge in [0, 0.05) is 37.8 Å². The molecule has 3 rings (SSSR count). The van der Waals surface area contributed by atoms with Crippen molar-refractivity contribution in [3.05, 3.63) is 66.2 Å². The lowest BCUT2D eigenvalue weighted by atomic mass is 9.91. The van der Waals surface area contributed by atoms with Gasteiger partial charge in [0.25, 0.3) is 0 Å². The Balaban J connectivity index is 1.64. The first-order valence-corrected chi connectivity index (χ1v) is 10.3. The molecule has 27 heavy (non-hydrogen) atoms. The van der Waals surface area contributed by atoms with Crippen molar-refractivity contribution >= 4 is 11.6 Å².